The summed E-state index contributed by atoms with van der Waals surface area (Å²) in [7, 11) is 1.47. The van der Waals surface area contributed by atoms with E-state index in [0.29, 0.717) is 22.0 Å². The number of methoxy groups -OCH3 is 1. The predicted octanol–water partition coefficient (Wildman–Crippen LogP) is 2.44. The topological polar surface area (TPSA) is 70.7 Å². The predicted molar refractivity (Wildman–Crippen MR) is 85.2 cm³/mol. The van der Waals surface area contributed by atoms with Gasteiger partial charge in [0.1, 0.15) is 5.75 Å². The smallest absolute Gasteiger partial charge is 0.269 e. The average Bonchev–Trinajstić information content (AvgIpc) is 2.49. The van der Waals surface area contributed by atoms with Gasteiger partial charge in [0.05, 0.1) is 23.4 Å². The highest BCUT2D eigenvalue weighted by Gasteiger charge is 2.19. The summed E-state index contributed by atoms with van der Waals surface area (Å²) in [6, 6.07) is 3.06. The van der Waals surface area contributed by atoms with Gasteiger partial charge in [-0.2, -0.15) is 0 Å². The first kappa shape index (κ1) is 16.6. The van der Waals surface area contributed by atoms with E-state index in [2.05, 4.69) is 10.7 Å². The molecule has 0 aliphatic carbocycles. The van der Waals surface area contributed by atoms with E-state index in [-0.39, 0.29) is 11.8 Å². The summed E-state index contributed by atoms with van der Waals surface area (Å²) < 4.78 is 5.24. The molecule has 1 aliphatic rings. The van der Waals surface area contributed by atoms with E-state index < -0.39 is 0 Å². The lowest BCUT2D eigenvalue weighted by Gasteiger charge is -2.27. The van der Waals surface area contributed by atoms with Gasteiger partial charge in [0.2, 0.25) is 5.91 Å². The average molecular weight is 326 g/mol. The number of amides is 2. The van der Waals surface area contributed by atoms with Gasteiger partial charge in [-0.15, -0.1) is 0 Å². The van der Waals surface area contributed by atoms with Crippen molar-refractivity contribution in [1.29, 1.82) is 0 Å². The molecule has 2 N–H and O–H groups in total. The second kappa shape index (κ2) is 7.47. The molecule has 6 nitrogen and oxygen atoms in total. The first-order valence-corrected chi connectivity index (χ1v) is 7.60. The van der Waals surface area contributed by atoms with E-state index in [0.717, 1.165) is 25.9 Å². The van der Waals surface area contributed by atoms with Crippen molar-refractivity contribution < 1.29 is 14.3 Å². The van der Waals surface area contributed by atoms with Gasteiger partial charge in [-0.1, -0.05) is 18.0 Å². The van der Waals surface area contributed by atoms with Crippen LogP contribution in [0.4, 0.5) is 5.69 Å². The highest BCUT2D eigenvalue weighted by molar-refractivity contribution is 6.34. The minimum atomic E-state index is -0.268. The number of halogens is 1. The zero-order chi connectivity index (χ0) is 16.1. The summed E-state index contributed by atoms with van der Waals surface area (Å²) >= 11 is 6.13. The zero-order valence-corrected chi connectivity index (χ0v) is 13.5. The molecule has 120 valence electrons. The quantitative estimate of drug-likeness (QED) is 0.892. The zero-order valence-electron chi connectivity index (χ0n) is 12.7. The molecule has 0 aromatic heterocycles. The Kier molecular flexibility index (Phi) is 5.63. The van der Waals surface area contributed by atoms with Crippen LogP contribution in [0, 0.1) is 0 Å². The fourth-order valence-corrected chi connectivity index (χ4v) is 2.61. The third-order valence-electron chi connectivity index (χ3n) is 3.46. The Morgan fingerprint density at radius 3 is 2.50 bits per heavy atom. The standard InChI is InChI=1S/C15H20ClN3O3/c1-10(20)17-13-9-14(22-2)11(8-12(13)16)15(21)18-19-6-4-3-5-7-19/h8-9H,3-7H2,1-2H3,(H,17,20)(H,18,21). The summed E-state index contributed by atoms with van der Waals surface area (Å²) in [6.45, 7) is 3.07. The van der Waals surface area contributed by atoms with Gasteiger partial charge in [0, 0.05) is 26.1 Å². The van der Waals surface area contributed by atoms with Crippen LogP contribution in [-0.4, -0.2) is 37.0 Å². The molecule has 7 heteroatoms. The van der Waals surface area contributed by atoms with Crippen molar-refractivity contribution in [3.8, 4) is 5.75 Å². The second-order valence-corrected chi connectivity index (χ2v) is 5.61. The number of carbonyl (C=O) groups excluding carboxylic acids is 2. The van der Waals surface area contributed by atoms with Crippen molar-refractivity contribution in [1.82, 2.24) is 10.4 Å². The fraction of sp³-hybridized carbons (Fsp3) is 0.467. The van der Waals surface area contributed by atoms with Crippen LogP contribution < -0.4 is 15.5 Å². The molecule has 0 saturated carbocycles. The Morgan fingerprint density at radius 2 is 1.91 bits per heavy atom. The molecule has 0 radical (unpaired) electrons. The maximum Gasteiger partial charge on any atom is 0.269 e. The van der Waals surface area contributed by atoms with Gasteiger partial charge in [-0.25, -0.2) is 5.01 Å². The molecule has 2 amide bonds. The van der Waals surface area contributed by atoms with E-state index in [1.165, 1.54) is 26.5 Å². The summed E-state index contributed by atoms with van der Waals surface area (Å²) in [5.74, 6) is -0.146. The summed E-state index contributed by atoms with van der Waals surface area (Å²) in [4.78, 5) is 23.5. The van der Waals surface area contributed by atoms with Crippen molar-refractivity contribution in [2.24, 2.45) is 0 Å². The van der Waals surface area contributed by atoms with E-state index in [1.807, 2.05) is 5.01 Å². The highest BCUT2D eigenvalue weighted by Crippen LogP contribution is 2.31. The molecule has 0 spiro atoms. The third-order valence-corrected chi connectivity index (χ3v) is 3.77. The molecule has 1 aromatic rings. The number of nitrogens with one attached hydrogen (secondary N) is 2. The van der Waals surface area contributed by atoms with Crippen molar-refractivity contribution in [3.63, 3.8) is 0 Å². The molecule has 0 atom stereocenters. The lowest BCUT2D eigenvalue weighted by Crippen LogP contribution is -2.45. The van der Waals surface area contributed by atoms with Gasteiger partial charge in [-0.3, -0.25) is 15.0 Å². The molecule has 1 saturated heterocycles. The Bertz CT molecular complexity index is 571. The number of nitrogens with zero attached hydrogens (tertiary/aromatic N) is 1. The maximum atomic E-state index is 12.4. The van der Waals surface area contributed by atoms with Crippen LogP contribution in [0.25, 0.3) is 0 Å². The van der Waals surface area contributed by atoms with Crippen molar-refractivity contribution in [2.45, 2.75) is 26.2 Å². The first-order chi connectivity index (χ1) is 10.5. The molecule has 1 fully saturated rings. The van der Waals surface area contributed by atoms with Crippen LogP contribution in [-0.2, 0) is 4.79 Å². The molecular weight excluding hydrogens is 306 g/mol. The highest BCUT2D eigenvalue weighted by atomic mass is 35.5. The van der Waals surface area contributed by atoms with E-state index >= 15 is 0 Å². The fourth-order valence-electron chi connectivity index (χ4n) is 2.39. The molecule has 0 unspecified atom stereocenters. The number of piperidine rings is 1. The molecule has 1 heterocycles. The number of benzene rings is 1. The van der Waals surface area contributed by atoms with E-state index in [4.69, 9.17) is 16.3 Å². The van der Waals surface area contributed by atoms with Gasteiger partial charge in [0.15, 0.2) is 0 Å². The maximum absolute atomic E-state index is 12.4. The normalized spacial score (nSPS) is 15.2. The number of carbonyl (C=O) groups is 2. The van der Waals surface area contributed by atoms with Crippen molar-refractivity contribution >= 4 is 29.1 Å². The van der Waals surface area contributed by atoms with Crippen LogP contribution in [0.3, 0.4) is 0 Å². The summed E-state index contributed by atoms with van der Waals surface area (Å²) in [5.41, 5.74) is 3.62. The van der Waals surface area contributed by atoms with Gasteiger partial charge in [-0.05, 0) is 18.9 Å². The third kappa shape index (κ3) is 4.11. The van der Waals surface area contributed by atoms with Crippen molar-refractivity contribution in [2.75, 3.05) is 25.5 Å². The molecule has 2 rings (SSSR count). The van der Waals surface area contributed by atoms with Crippen LogP contribution >= 0.6 is 11.6 Å². The minimum absolute atomic E-state index is 0.241. The Morgan fingerprint density at radius 1 is 1.23 bits per heavy atom. The lowest BCUT2D eigenvalue weighted by atomic mass is 10.1. The van der Waals surface area contributed by atoms with Crippen LogP contribution in [0.1, 0.15) is 36.5 Å². The number of hydrazine groups is 1. The van der Waals surface area contributed by atoms with Gasteiger partial charge < -0.3 is 10.1 Å². The molecule has 1 aromatic carbocycles. The largest absolute Gasteiger partial charge is 0.496 e. The van der Waals surface area contributed by atoms with Crippen LogP contribution in [0.5, 0.6) is 5.75 Å². The molecule has 0 bridgehead atoms. The molecule has 1 aliphatic heterocycles. The molecular formula is C15H20ClN3O3. The Hall–Kier alpha value is -1.79. The number of ether oxygens (including phenoxy) is 1. The second-order valence-electron chi connectivity index (χ2n) is 5.20. The number of anilines is 1. The number of hydrogen-bond acceptors (Lipinski definition) is 4. The van der Waals surface area contributed by atoms with Gasteiger partial charge in [0.25, 0.3) is 5.91 Å². The summed E-state index contributed by atoms with van der Waals surface area (Å²) in [6.07, 6.45) is 3.33. The van der Waals surface area contributed by atoms with Crippen LogP contribution in [0.2, 0.25) is 5.02 Å². The minimum Gasteiger partial charge on any atom is -0.496 e. The molecule has 22 heavy (non-hydrogen) atoms. The van der Waals surface area contributed by atoms with Crippen LogP contribution in [0.15, 0.2) is 12.1 Å². The SMILES string of the molecule is COc1cc(NC(C)=O)c(Cl)cc1C(=O)NN1CCCCC1. The van der Waals surface area contributed by atoms with E-state index in [9.17, 15) is 9.59 Å². The first-order valence-electron chi connectivity index (χ1n) is 7.22. The van der Waals surface area contributed by atoms with Gasteiger partial charge >= 0.3 is 0 Å². The number of hydrogen-bond donors (Lipinski definition) is 2. The Balaban J connectivity index is 2.19. The lowest BCUT2D eigenvalue weighted by molar-refractivity contribution is -0.114. The van der Waals surface area contributed by atoms with Crippen molar-refractivity contribution in [3.05, 3.63) is 22.7 Å². The monoisotopic (exact) mass is 325 g/mol. The Labute approximate surface area is 134 Å². The van der Waals surface area contributed by atoms with E-state index in [1.54, 1.807) is 6.07 Å². The number of rotatable bonds is 4. The summed E-state index contributed by atoms with van der Waals surface area (Å²) in [5, 5.41) is 4.80.